The Morgan fingerprint density at radius 3 is 1.90 bits per heavy atom. The number of nitrogens with one attached hydrogen (secondary N) is 2. The van der Waals surface area contributed by atoms with E-state index < -0.39 is 72.1 Å². The van der Waals surface area contributed by atoms with Crippen molar-refractivity contribution in [3.05, 3.63) is 129 Å². The van der Waals surface area contributed by atoms with E-state index in [0.29, 0.717) is 28.2 Å². The van der Waals surface area contributed by atoms with Gasteiger partial charge in [0.2, 0.25) is 0 Å². The Bertz CT molecular complexity index is 1920. The summed E-state index contributed by atoms with van der Waals surface area (Å²) >= 11 is 0. The Morgan fingerprint density at radius 2 is 1.42 bits per heavy atom. The number of rotatable bonds is 13. The second-order valence-corrected chi connectivity index (χ2v) is 11.8. The van der Waals surface area contributed by atoms with E-state index in [1.165, 1.54) is 21.3 Å². The van der Waals surface area contributed by atoms with E-state index in [0.717, 1.165) is 23.8 Å². The van der Waals surface area contributed by atoms with Crippen LogP contribution in [0, 0.1) is 0 Å². The SMILES string of the molecule is COc1ccc(C(OC[C@@]2(CNC(=O)C(F)(F)F)O[C@@H](n3ccc(=O)[nH]c3=O)[C@H](OC)[C@@H]2OC(C)=O)(c2ccccc2)c2ccc(OC)cc2)cc1. The van der Waals surface area contributed by atoms with Crippen LogP contribution in [0.15, 0.2) is 101 Å². The number of hydrogen-bond donors (Lipinski definition) is 2. The second-order valence-electron chi connectivity index (χ2n) is 11.8. The highest BCUT2D eigenvalue weighted by molar-refractivity contribution is 5.81. The number of aromatic nitrogens is 2. The third-order valence-electron chi connectivity index (χ3n) is 8.66. The van der Waals surface area contributed by atoms with E-state index in [1.54, 1.807) is 78.9 Å². The number of halogens is 3. The quantitative estimate of drug-likeness (QED) is 0.155. The molecule has 1 aliphatic heterocycles. The first kappa shape index (κ1) is 37.8. The fraction of sp³-hybridized carbons (Fsp3) is 0.333. The average molecular weight is 728 g/mol. The molecule has 13 nitrogen and oxygen atoms in total. The largest absolute Gasteiger partial charge is 0.497 e. The van der Waals surface area contributed by atoms with Crippen molar-refractivity contribution in [2.75, 3.05) is 34.5 Å². The van der Waals surface area contributed by atoms with Crippen molar-refractivity contribution in [1.29, 1.82) is 0 Å². The predicted molar refractivity (Wildman–Crippen MR) is 178 cm³/mol. The monoisotopic (exact) mass is 727 g/mol. The first-order valence-electron chi connectivity index (χ1n) is 15.8. The number of ether oxygens (including phenoxy) is 6. The normalized spacial score (nSPS) is 20.2. The van der Waals surface area contributed by atoms with Crippen molar-refractivity contribution in [3.8, 4) is 11.5 Å². The molecular formula is C36H36F3N3O10. The van der Waals surface area contributed by atoms with Gasteiger partial charge in [-0.3, -0.25) is 23.9 Å². The smallest absolute Gasteiger partial charge is 0.471 e. The third-order valence-corrected chi connectivity index (χ3v) is 8.66. The molecule has 2 N–H and O–H groups in total. The summed E-state index contributed by atoms with van der Waals surface area (Å²) in [5, 5.41) is 1.84. The molecule has 4 aromatic rings. The maximum Gasteiger partial charge on any atom is 0.471 e. The van der Waals surface area contributed by atoms with Crippen LogP contribution in [0.25, 0.3) is 0 Å². The van der Waals surface area contributed by atoms with Crippen molar-refractivity contribution in [2.24, 2.45) is 0 Å². The molecule has 276 valence electrons. The van der Waals surface area contributed by atoms with Crippen LogP contribution < -0.4 is 26.0 Å². The molecule has 1 fully saturated rings. The highest BCUT2D eigenvalue weighted by Crippen LogP contribution is 2.46. The van der Waals surface area contributed by atoms with E-state index >= 15 is 0 Å². The van der Waals surface area contributed by atoms with Crippen molar-refractivity contribution in [3.63, 3.8) is 0 Å². The Labute approximate surface area is 295 Å². The lowest BCUT2D eigenvalue weighted by Gasteiger charge is -2.41. The number of aromatic amines is 1. The number of nitrogens with zero attached hydrogens (tertiary/aromatic N) is 1. The molecule has 1 aliphatic rings. The molecule has 4 atom stereocenters. The number of H-pyrrole nitrogens is 1. The number of carbonyl (C=O) groups is 2. The molecule has 3 aromatic carbocycles. The molecule has 16 heteroatoms. The molecule has 2 heterocycles. The number of hydrogen-bond acceptors (Lipinski definition) is 10. The van der Waals surface area contributed by atoms with E-state index in [4.69, 9.17) is 28.4 Å². The molecule has 0 unspecified atom stereocenters. The summed E-state index contributed by atoms with van der Waals surface area (Å²) in [6, 6.07) is 23.7. The summed E-state index contributed by atoms with van der Waals surface area (Å²) in [6.07, 6.45) is -8.66. The van der Waals surface area contributed by atoms with Gasteiger partial charge >= 0.3 is 23.7 Å². The van der Waals surface area contributed by atoms with Crippen LogP contribution >= 0.6 is 0 Å². The van der Waals surface area contributed by atoms with E-state index in [-0.39, 0.29) is 0 Å². The first-order chi connectivity index (χ1) is 24.8. The molecule has 0 saturated carbocycles. The summed E-state index contributed by atoms with van der Waals surface area (Å²) in [5.41, 5.74) is -3.75. The van der Waals surface area contributed by atoms with Gasteiger partial charge in [-0.05, 0) is 41.0 Å². The third kappa shape index (κ3) is 7.58. The van der Waals surface area contributed by atoms with Crippen LogP contribution in [-0.4, -0.2) is 79.9 Å². The van der Waals surface area contributed by atoms with Gasteiger partial charge < -0.3 is 33.7 Å². The summed E-state index contributed by atoms with van der Waals surface area (Å²) in [4.78, 5) is 51.9. The van der Waals surface area contributed by atoms with E-state index in [2.05, 4.69) is 4.98 Å². The fourth-order valence-corrected chi connectivity index (χ4v) is 6.20. The highest BCUT2D eigenvalue weighted by atomic mass is 19.4. The molecule has 0 spiro atoms. The van der Waals surface area contributed by atoms with Gasteiger partial charge in [0.25, 0.3) is 5.56 Å². The Morgan fingerprint density at radius 1 is 0.865 bits per heavy atom. The molecule has 52 heavy (non-hydrogen) atoms. The number of esters is 1. The minimum Gasteiger partial charge on any atom is -0.497 e. The topological polar surface area (TPSA) is 156 Å². The fourth-order valence-electron chi connectivity index (χ4n) is 6.20. The molecule has 0 aliphatic carbocycles. The number of carbonyl (C=O) groups excluding carboxylic acids is 2. The van der Waals surface area contributed by atoms with Crippen LogP contribution in [0.2, 0.25) is 0 Å². The average Bonchev–Trinajstić information content (AvgIpc) is 3.43. The van der Waals surface area contributed by atoms with Crippen molar-refractivity contribution in [2.45, 2.75) is 42.7 Å². The zero-order chi connectivity index (χ0) is 37.7. The number of benzene rings is 3. The molecule has 1 amide bonds. The van der Waals surface area contributed by atoms with E-state index in [9.17, 15) is 32.3 Å². The van der Waals surface area contributed by atoms with Crippen LogP contribution in [-0.2, 0) is 34.1 Å². The van der Waals surface area contributed by atoms with Gasteiger partial charge in [0.05, 0.1) is 27.4 Å². The molecule has 1 aromatic heterocycles. The van der Waals surface area contributed by atoms with Crippen LogP contribution in [0.5, 0.6) is 11.5 Å². The molecule has 0 bridgehead atoms. The van der Waals surface area contributed by atoms with Gasteiger partial charge in [0.1, 0.15) is 23.2 Å². The Balaban J connectivity index is 1.74. The lowest BCUT2D eigenvalue weighted by molar-refractivity contribution is -0.186. The number of methoxy groups -OCH3 is 3. The van der Waals surface area contributed by atoms with Gasteiger partial charge in [0.15, 0.2) is 17.9 Å². The highest BCUT2D eigenvalue weighted by Gasteiger charge is 2.60. The summed E-state index contributed by atoms with van der Waals surface area (Å²) in [7, 11) is 4.21. The Hall–Kier alpha value is -5.45. The lowest BCUT2D eigenvalue weighted by Crippen LogP contribution is -2.58. The van der Waals surface area contributed by atoms with Crippen molar-refractivity contribution >= 4 is 11.9 Å². The lowest BCUT2D eigenvalue weighted by atomic mass is 9.79. The molecule has 5 rings (SSSR count). The minimum absolute atomic E-state index is 0.526. The van der Waals surface area contributed by atoms with Crippen molar-refractivity contribution in [1.82, 2.24) is 14.9 Å². The zero-order valence-corrected chi connectivity index (χ0v) is 28.5. The van der Waals surface area contributed by atoms with Gasteiger partial charge in [-0.15, -0.1) is 0 Å². The summed E-state index contributed by atoms with van der Waals surface area (Å²) in [6.45, 7) is -0.548. The summed E-state index contributed by atoms with van der Waals surface area (Å²) < 4.78 is 77.2. The zero-order valence-electron chi connectivity index (χ0n) is 28.5. The Kier molecular flexibility index (Phi) is 11.2. The summed E-state index contributed by atoms with van der Waals surface area (Å²) in [5.74, 6) is -2.14. The van der Waals surface area contributed by atoms with Crippen LogP contribution in [0.3, 0.4) is 0 Å². The molecular weight excluding hydrogens is 691 g/mol. The van der Waals surface area contributed by atoms with Gasteiger partial charge in [-0.25, -0.2) is 4.79 Å². The van der Waals surface area contributed by atoms with Crippen molar-refractivity contribution < 1.29 is 51.2 Å². The minimum atomic E-state index is -5.30. The van der Waals surface area contributed by atoms with Gasteiger partial charge in [-0.1, -0.05) is 54.6 Å². The first-order valence-corrected chi connectivity index (χ1v) is 15.8. The maximum absolute atomic E-state index is 13.6. The molecule has 0 radical (unpaired) electrons. The predicted octanol–water partition coefficient (Wildman–Crippen LogP) is 3.46. The van der Waals surface area contributed by atoms with Crippen LogP contribution in [0.4, 0.5) is 13.2 Å². The maximum atomic E-state index is 13.6. The molecule has 1 saturated heterocycles. The van der Waals surface area contributed by atoms with Crippen LogP contribution in [0.1, 0.15) is 29.8 Å². The number of amides is 1. The van der Waals surface area contributed by atoms with E-state index in [1.807, 2.05) is 5.32 Å². The second kappa shape index (κ2) is 15.4. The van der Waals surface area contributed by atoms with Gasteiger partial charge in [-0.2, -0.15) is 13.2 Å². The number of alkyl halides is 3. The standard InChI is InChI=1S/C36H36F3N3O10/c1-22(43)51-30-29(49-4)31(42-19-18-28(44)41-33(42)46)52-34(30,20-40-32(45)36(37,38)39)21-50-35(23-8-6-5-7-9-23,24-10-14-26(47-2)15-11-24)25-12-16-27(48-3)17-13-25/h5-19,29-31H,20-21H2,1-4H3,(H,40,45)(H,41,44,46)/t29-,30+,31-,34-/m1/s1. The van der Waals surface area contributed by atoms with Gasteiger partial charge in [0, 0.05) is 26.3 Å².